The maximum Gasteiger partial charge on any atom is 0.160 e. The molecule has 1 atom stereocenters. The Morgan fingerprint density at radius 3 is 3.00 bits per heavy atom. The van der Waals surface area contributed by atoms with Crippen LogP contribution in [0, 0.1) is 0 Å². The van der Waals surface area contributed by atoms with Crippen LogP contribution in [-0.4, -0.2) is 40.9 Å². The molecule has 0 bridgehead atoms. The van der Waals surface area contributed by atoms with Crippen molar-refractivity contribution in [2.75, 3.05) is 25.6 Å². The highest BCUT2D eigenvalue weighted by atomic mass is 35.5. The van der Waals surface area contributed by atoms with Gasteiger partial charge in [-0.1, -0.05) is 11.6 Å². The van der Waals surface area contributed by atoms with E-state index < -0.39 is 0 Å². The molecule has 3 heterocycles. The first kappa shape index (κ1) is 17.0. The maximum absolute atomic E-state index is 10.1. The van der Waals surface area contributed by atoms with Gasteiger partial charge in [0.25, 0.3) is 0 Å². The molecule has 7 heteroatoms. The highest BCUT2D eigenvalue weighted by molar-refractivity contribution is 6.30. The van der Waals surface area contributed by atoms with Gasteiger partial charge >= 0.3 is 0 Å². The third-order valence-corrected chi connectivity index (χ3v) is 4.78. The summed E-state index contributed by atoms with van der Waals surface area (Å²) < 4.78 is 12.8. The van der Waals surface area contributed by atoms with Gasteiger partial charge in [-0.05, 0) is 43.2 Å². The minimum atomic E-state index is 0.0742. The van der Waals surface area contributed by atoms with Crippen LogP contribution in [0.5, 0.6) is 11.5 Å². The quantitative estimate of drug-likeness (QED) is 0.708. The van der Waals surface area contributed by atoms with E-state index >= 15 is 0 Å². The number of nitrogens with zero attached hydrogens (tertiary/aromatic N) is 2. The standard InChI is InChI=1S/C19H20ClN3O3/c1-25-16-6-4-12(9-15(16)24)18-19(21-10-14-3-2-8-26-14)23-11-13(20)5-7-17(23)22-18/h4-7,9,11,14,21,24H,2-3,8,10H2,1H3/t14-/m0/s1. The zero-order valence-corrected chi connectivity index (χ0v) is 15.2. The number of halogens is 1. The number of nitrogens with one attached hydrogen (secondary N) is 1. The number of aromatic hydroxyl groups is 1. The van der Waals surface area contributed by atoms with Crippen molar-refractivity contribution in [1.82, 2.24) is 9.38 Å². The molecule has 0 radical (unpaired) electrons. The normalized spacial score (nSPS) is 16.9. The Morgan fingerprint density at radius 2 is 2.27 bits per heavy atom. The number of fused-ring (bicyclic) bond motifs is 1. The fourth-order valence-corrected chi connectivity index (χ4v) is 3.40. The summed E-state index contributed by atoms with van der Waals surface area (Å²) in [5.74, 6) is 1.32. The van der Waals surface area contributed by atoms with Crippen molar-refractivity contribution >= 4 is 23.1 Å². The van der Waals surface area contributed by atoms with E-state index in [0.717, 1.165) is 42.2 Å². The first-order valence-corrected chi connectivity index (χ1v) is 8.94. The number of phenolic OH excluding ortho intramolecular Hbond substituents is 1. The van der Waals surface area contributed by atoms with Gasteiger partial charge in [0.2, 0.25) is 0 Å². The lowest BCUT2D eigenvalue weighted by Crippen LogP contribution is -2.19. The zero-order valence-electron chi connectivity index (χ0n) is 14.4. The summed E-state index contributed by atoms with van der Waals surface area (Å²) in [4.78, 5) is 4.71. The van der Waals surface area contributed by atoms with Crippen LogP contribution in [0.3, 0.4) is 0 Å². The fraction of sp³-hybridized carbons (Fsp3) is 0.316. The number of ether oxygens (including phenoxy) is 2. The molecule has 1 aromatic carbocycles. The van der Waals surface area contributed by atoms with Crippen molar-refractivity contribution < 1.29 is 14.6 Å². The molecular formula is C19H20ClN3O3. The number of hydrogen-bond acceptors (Lipinski definition) is 5. The predicted octanol–water partition coefficient (Wildman–Crippen LogP) is 3.96. The van der Waals surface area contributed by atoms with Crippen molar-refractivity contribution in [2.24, 2.45) is 0 Å². The number of hydrogen-bond donors (Lipinski definition) is 2. The van der Waals surface area contributed by atoms with Crippen LogP contribution in [0.4, 0.5) is 5.82 Å². The topological polar surface area (TPSA) is 68.0 Å². The largest absolute Gasteiger partial charge is 0.504 e. The fourth-order valence-electron chi connectivity index (χ4n) is 3.24. The van der Waals surface area contributed by atoms with E-state index in [9.17, 15) is 5.11 Å². The Balaban J connectivity index is 1.77. The molecule has 1 fully saturated rings. The summed E-state index contributed by atoms with van der Waals surface area (Å²) in [5.41, 5.74) is 2.30. The van der Waals surface area contributed by atoms with Crippen LogP contribution in [0.25, 0.3) is 16.9 Å². The highest BCUT2D eigenvalue weighted by Gasteiger charge is 2.19. The van der Waals surface area contributed by atoms with Gasteiger partial charge in [0.1, 0.15) is 17.2 Å². The number of pyridine rings is 1. The third-order valence-electron chi connectivity index (χ3n) is 4.56. The van der Waals surface area contributed by atoms with Crippen molar-refractivity contribution in [1.29, 1.82) is 0 Å². The monoisotopic (exact) mass is 373 g/mol. The molecule has 136 valence electrons. The van der Waals surface area contributed by atoms with Gasteiger partial charge in [0, 0.05) is 24.9 Å². The van der Waals surface area contributed by atoms with Gasteiger partial charge in [-0.25, -0.2) is 4.98 Å². The Labute approximate surface area is 156 Å². The third kappa shape index (κ3) is 3.18. The first-order chi connectivity index (χ1) is 12.7. The second kappa shape index (κ2) is 7.05. The zero-order chi connectivity index (χ0) is 18.1. The van der Waals surface area contributed by atoms with Gasteiger partial charge in [-0.2, -0.15) is 0 Å². The van der Waals surface area contributed by atoms with Crippen molar-refractivity contribution in [2.45, 2.75) is 18.9 Å². The summed E-state index contributed by atoms with van der Waals surface area (Å²) >= 11 is 6.18. The molecule has 26 heavy (non-hydrogen) atoms. The Hall–Kier alpha value is -2.44. The van der Waals surface area contributed by atoms with Crippen LogP contribution >= 0.6 is 11.6 Å². The van der Waals surface area contributed by atoms with Crippen LogP contribution in [0.15, 0.2) is 36.5 Å². The average molecular weight is 374 g/mol. The molecular weight excluding hydrogens is 354 g/mol. The van der Waals surface area contributed by atoms with Crippen LogP contribution in [0.1, 0.15) is 12.8 Å². The Morgan fingerprint density at radius 1 is 1.38 bits per heavy atom. The average Bonchev–Trinajstić information content (AvgIpc) is 3.27. The Kier molecular flexibility index (Phi) is 4.61. The lowest BCUT2D eigenvalue weighted by atomic mass is 10.1. The van der Waals surface area contributed by atoms with Crippen LogP contribution in [0.2, 0.25) is 5.02 Å². The molecule has 0 unspecified atom stereocenters. The molecule has 2 N–H and O–H groups in total. The van der Waals surface area contributed by atoms with Gasteiger partial charge in [0.15, 0.2) is 11.5 Å². The number of rotatable bonds is 5. The minimum Gasteiger partial charge on any atom is -0.504 e. The summed E-state index contributed by atoms with van der Waals surface area (Å²) in [7, 11) is 1.52. The molecule has 1 saturated heterocycles. The molecule has 0 spiro atoms. The second-order valence-corrected chi connectivity index (χ2v) is 6.72. The van der Waals surface area contributed by atoms with Gasteiger partial charge < -0.3 is 19.9 Å². The summed E-state index contributed by atoms with van der Waals surface area (Å²) in [6.45, 7) is 1.50. The van der Waals surface area contributed by atoms with E-state index in [1.54, 1.807) is 12.1 Å². The van der Waals surface area contributed by atoms with Gasteiger partial charge in [-0.15, -0.1) is 0 Å². The molecule has 1 aliphatic rings. The number of anilines is 1. The maximum atomic E-state index is 10.1. The highest BCUT2D eigenvalue weighted by Crippen LogP contribution is 2.35. The van der Waals surface area contributed by atoms with E-state index in [1.807, 2.05) is 28.8 Å². The molecule has 0 saturated carbocycles. The van der Waals surface area contributed by atoms with E-state index in [2.05, 4.69) is 5.32 Å². The number of aromatic nitrogens is 2. The number of benzene rings is 1. The van der Waals surface area contributed by atoms with E-state index in [-0.39, 0.29) is 11.9 Å². The summed E-state index contributed by atoms with van der Waals surface area (Å²) in [6, 6.07) is 8.93. The Bertz CT molecular complexity index is 935. The molecule has 3 aromatic rings. The molecule has 1 aliphatic heterocycles. The van der Waals surface area contributed by atoms with Crippen molar-refractivity contribution in [3.8, 4) is 22.8 Å². The lowest BCUT2D eigenvalue weighted by Gasteiger charge is -2.13. The number of methoxy groups -OCH3 is 1. The van der Waals surface area contributed by atoms with E-state index in [4.69, 9.17) is 26.1 Å². The van der Waals surface area contributed by atoms with Crippen LogP contribution < -0.4 is 10.1 Å². The SMILES string of the molecule is COc1ccc(-c2nc3ccc(Cl)cn3c2NC[C@@H]2CCCO2)cc1O. The summed E-state index contributed by atoms with van der Waals surface area (Å²) in [6.07, 6.45) is 4.15. The summed E-state index contributed by atoms with van der Waals surface area (Å²) in [5, 5.41) is 14.2. The van der Waals surface area contributed by atoms with Gasteiger partial charge in [-0.3, -0.25) is 4.40 Å². The number of imidazole rings is 1. The number of phenols is 1. The predicted molar refractivity (Wildman–Crippen MR) is 101 cm³/mol. The first-order valence-electron chi connectivity index (χ1n) is 8.56. The lowest BCUT2D eigenvalue weighted by molar-refractivity contribution is 0.120. The van der Waals surface area contributed by atoms with Crippen molar-refractivity contribution in [3.05, 3.63) is 41.6 Å². The van der Waals surface area contributed by atoms with E-state index in [1.165, 1.54) is 7.11 Å². The van der Waals surface area contributed by atoms with Gasteiger partial charge in [0.05, 0.1) is 18.2 Å². The molecule has 2 aromatic heterocycles. The second-order valence-electron chi connectivity index (χ2n) is 6.29. The molecule has 4 rings (SSSR count). The molecule has 0 aliphatic carbocycles. The van der Waals surface area contributed by atoms with Crippen molar-refractivity contribution in [3.63, 3.8) is 0 Å². The minimum absolute atomic E-state index is 0.0742. The molecule has 0 amide bonds. The smallest absolute Gasteiger partial charge is 0.160 e. The van der Waals surface area contributed by atoms with Crippen LogP contribution in [-0.2, 0) is 4.74 Å². The van der Waals surface area contributed by atoms with E-state index in [0.29, 0.717) is 17.3 Å². The molecule has 6 nitrogen and oxygen atoms in total.